The van der Waals surface area contributed by atoms with Crippen LogP contribution in [-0.4, -0.2) is 28.2 Å². The number of hydrogen-bond acceptors (Lipinski definition) is 4. The first-order valence-corrected chi connectivity index (χ1v) is 8.36. The second-order valence-electron chi connectivity index (χ2n) is 4.65. The van der Waals surface area contributed by atoms with Crippen LogP contribution in [0.3, 0.4) is 0 Å². The predicted octanol–water partition coefficient (Wildman–Crippen LogP) is 3.06. The number of benzene rings is 1. The molecule has 2 heterocycles. The molecule has 3 nitrogen and oxygen atoms in total. The third-order valence-corrected chi connectivity index (χ3v) is 5.62. The number of rotatable bonds is 4. The van der Waals surface area contributed by atoms with Crippen LogP contribution < -0.4 is 0 Å². The van der Waals surface area contributed by atoms with Crippen LogP contribution in [0.15, 0.2) is 47.8 Å². The summed E-state index contributed by atoms with van der Waals surface area (Å²) >= 11 is 3.28. The lowest BCUT2D eigenvalue weighted by Crippen LogP contribution is -2.32. The number of carbonyl (C=O) groups is 1. The van der Waals surface area contributed by atoms with Crippen LogP contribution >= 0.6 is 23.1 Å². The number of β-amino-alcohol motifs (C(OH)–C–C–N with tert-alkyl or cyclic N) is 1. The van der Waals surface area contributed by atoms with E-state index in [4.69, 9.17) is 0 Å². The van der Waals surface area contributed by atoms with Crippen LogP contribution in [0.25, 0.3) is 0 Å². The average Bonchev–Trinajstić information content (AvgIpc) is 3.11. The summed E-state index contributed by atoms with van der Waals surface area (Å²) < 4.78 is 0. The number of aliphatic hydroxyl groups excluding tert-OH is 1. The molecule has 104 valence electrons. The molecule has 2 atom stereocenters. The Kier molecular flexibility index (Phi) is 4.10. The molecule has 1 aliphatic rings. The standard InChI is InChI=1S/C15H15NO2S2/c17-12(11-5-2-1-3-6-11)9-16-14(18)10-20-15(16)13-7-4-8-19-13/h1-8,12,15,17H,9-10H2/t12-,15-/m1/s1. The molecule has 1 aromatic heterocycles. The molecule has 1 saturated heterocycles. The number of thioether (sulfide) groups is 1. The first kappa shape index (κ1) is 13.7. The molecular formula is C15H15NO2S2. The van der Waals surface area contributed by atoms with Gasteiger partial charge in [-0.3, -0.25) is 4.79 Å². The molecule has 1 aliphatic heterocycles. The zero-order valence-corrected chi connectivity index (χ0v) is 12.4. The lowest BCUT2D eigenvalue weighted by molar-refractivity contribution is -0.129. The summed E-state index contributed by atoms with van der Waals surface area (Å²) in [5, 5.41) is 12.4. The van der Waals surface area contributed by atoms with Gasteiger partial charge in [-0.05, 0) is 17.0 Å². The van der Waals surface area contributed by atoms with Gasteiger partial charge in [-0.15, -0.1) is 23.1 Å². The van der Waals surface area contributed by atoms with E-state index in [1.165, 1.54) is 4.88 Å². The minimum Gasteiger partial charge on any atom is -0.387 e. The van der Waals surface area contributed by atoms with E-state index in [-0.39, 0.29) is 11.3 Å². The molecule has 1 amide bonds. The number of aliphatic hydroxyl groups is 1. The van der Waals surface area contributed by atoms with Crippen molar-refractivity contribution in [3.8, 4) is 0 Å². The van der Waals surface area contributed by atoms with Crippen LogP contribution in [-0.2, 0) is 4.79 Å². The highest BCUT2D eigenvalue weighted by Crippen LogP contribution is 2.41. The van der Waals surface area contributed by atoms with Gasteiger partial charge < -0.3 is 10.0 Å². The first-order valence-electron chi connectivity index (χ1n) is 6.43. The van der Waals surface area contributed by atoms with Crippen molar-refractivity contribution in [1.82, 2.24) is 4.90 Å². The number of carbonyl (C=O) groups excluding carboxylic acids is 1. The average molecular weight is 305 g/mol. The molecule has 0 spiro atoms. The minimum absolute atomic E-state index is 0.0425. The minimum atomic E-state index is -0.638. The summed E-state index contributed by atoms with van der Waals surface area (Å²) in [6.45, 7) is 0.346. The smallest absolute Gasteiger partial charge is 0.233 e. The van der Waals surface area contributed by atoms with Crippen LogP contribution in [0.2, 0.25) is 0 Å². The first-order chi connectivity index (χ1) is 9.75. The zero-order chi connectivity index (χ0) is 13.9. The lowest BCUT2D eigenvalue weighted by atomic mass is 10.1. The molecule has 0 bridgehead atoms. The number of amides is 1. The van der Waals surface area contributed by atoms with E-state index in [1.807, 2.05) is 47.8 Å². The maximum atomic E-state index is 12.0. The fourth-order valence-corrected chi connectivity index (χ4v) is 4.46. The summed E-state index contributed by atoms with van der Waals surface area (Å²) in [7, 11) is 0. The van der Waals surface area contributed by atoms with E-state index in [2.05, 4.69) is 0 Å². The molecular weight excluding hydrogens is 290 g/mol. The molecule has 0 unspecified atom stereocenters. The van der Waals surface area contributed by atoms with Crippen LogP contribution in [0.5, 0.6) is 0 Å². The van der Waals surface area contributed by atoms with Crippen LogP contribution in [0.1, 0.15) is 21.9 Å². The Balaban J connectivity index is 1.76. The third-order valence-electron chi connectivity index (χ3n) is 3.31. The zero-order valence-electron chi connectivity index (χ0n) is 10.8. The van der Waals surface area contributed by atoms with Gasteiger partial charge in [-0.1, -0.05) is 36.4 Å². The van der Waals surface area contributed by atoms with Crippen molar-refractivity contribution in [3.05, 3.63) is 58.3 Å². The van der Waals surface area contributed by atoms with Gasteiger partial charge in [0.1, 0.15) is 5.37 Å². The van der Waals surface area contributed by atoms with Crippen LogP contribution in [0.4, 0.5) is 0 Å². The van der Waals surface area contributed by atoms with Crippen molar-refractivity contribution in [3.63, 3.8) is 0 Å². The Hall–Kier alpha value is -1.30. The van der Waals surface area contributed by atoms with Gasteiger partial charge in [0.05, 0.1) is 18.4 Å². The van der Waals surface area contributed by atoms with Crippen molar-refractivity contribution >= 4 is 29.0 Å². The highest BCUT2D eigenvalue weighted by Gasteiger charge is 2.34. The second-order valence-corrected chi connectivity index (χ2v) is 6.70. The van der Waals surface area contributed by atoms with E-state index >= 15 is 0 Å². The quantitative estimate of drug-likeness (QED) is 0.944. The second kappa shape index (κ2) is 5.99. The van der Waals surface area contributed by atoms with E-state index < -0.39 is 6.10 Å². The Morgan fingerprint density at radius 1 is 1.25 bits per heavy atom. The lowest BCUT2D eigenvalue weighted by Gasteiger charge is -2.25. The van der Waals surface area contributed by atoms with E-state index in [1.54, 1.807) is 28.0 Å². The molecule has 0 aliphatic carbocycles. The third kappa shape index (κ3) is 2.75. The molecule has 1 N–H and O–H groups in total. The molecule has 1 fully saturated rings. The van der Waals surface area contributed by atoms with E-state index in [0.717, 1.165) is 5.56 Å². The molecule has 0 radical (unpaired) electrons. The van der Waals surface area contributed by atoms with Gasteiger partial charge in [-0.25, -0.2) is 0 Å². The SMILES string of the molecule is O=C1CS[C@H](c2cccs2)N1C[C@@H](O)c1ccccc1. The molecule has 20 heavy (non-hydrogen) atoms. The number of thiophene rings is 1. The van der Waals surface area contributed by atoms with Crippen molar-refractivity contribution in [1.29, 1.82) is 0 Å². The van der Waals surface area contributed by atoms with E-state index in [9.17, 15) is 9.90 Å². The Bertz CT molecular complexity index is 571. The summed E-state index contributed by atoms with van der Waals surface area (Å²) in [4.78, 5) is 15.0. The highest BCUT2D eigenvalue weighted by atomic mass is 32.2. The monoisotopic (exact) mass is 305 g/mol. The Morgan fingerprint density at radius 3 is 2.75 bits per heavy atom. The maximum Gasteiger partial charge on any atom is 0.233 e. The normalized spacial score (nSPS) is 20.4. The largest absolute Gasteiger partial charge is 0.387 e. The van der Waals surface area contributed by atoms with Gasteiger partial charge in [0.2, 0.25) is 5.91 Å². The Labute approximate surface area is 126 Å². The Morgan fingerprint density at radius 2 is 2.05 bits per heavy atom. The number of hydrogen-bond donors (Lipinski definition) is 1. The summed E-state index contributed by atoms with van der Waals surface area (Å²) in [6.07, 6.45) is -0.638. The van der Waals surface area contributed by atoms with Gasteiger partial charge in [-0.2, -0.15) is 0 Å². The van der Waals surface area contributed by atoms with Gasteiger partial charge in [0, 0.05) is 4.88 Å². The van der Waals surface area contributed by atoms with Gasteiger partial charge in [0.15, 0.2) is 0 Å². The van der Waals surface area contributed by atoms with Gasteiger partial charge >= 0.3 is 0 Å². The fraction of sp³-hybridized carbons (Fsp3) is 0.267. The van der Waals surface area contributed by atoms with Crippen molar-refractivity contribution in [2.24, 2.45) is 0 Å². The molecule has 1 aromatic carbocycles. The van der Waals surface area contributed by atoms with Gasteiger partial charge in [0.25, 0.3) is 0 Å². The maximum absolute atomic E-state index is 12.0. The van der Waals surface area contributed by atoms with Crippen LogP contribution in [0, 0.1) is 0 Å². The predicted molar refractivity (Wildman–Crippen MR) is 82.6 cm³/mol. The molecule has 5 heteroatoms. The fourth-order valence-electron chi connectivity index (χ4n) is 2.29. The van der Waals surface area contributed by atoms with Crippen molar-refractivity contribution in [2.75, 3.05) is 12.3 Å². The van der Waals surface area contributed by atoms with Crippen molar-refractivity contribution in [2.45, 2.75) is 11.5 Å². The summed E-state index contributed by atoms with van der Waals surface area (Å²) in [6, 6.07) is 13.5. The molecule has 0 saturated carbocycles. The molecule has 2 aromatic rings. The topological polar surface area (TPSA) is 40.5 Å². The summed E-state index contributed by atoms with van der Waals surface area (Å²) in [5.41, 5.74) is 0.849. The number of nitrogens with zero attached hydrogens (tertiary/aromatic N) is 1. The highest BCUT2D eigenvalue weighted by molar-refractivity contribution is 8.00. The molecule has 3 rings (SSSR count). The van der Waals surface area contributed by atoms with E-state index in [0.29, 0.717) is 12.3 Å². The van der Waals surface area contributed by atoms with Crippen molar-refractivity contribution < 1.29 is 9.90 Å². The summed E-state index contributed by atoms with van der Waals surface area (Å²) in [5.74, 6) is 0.591.